The number of carboxylic acids is 2. The van der Waals surface area contributed by atoms with E-state index in [4.69, 9.17) is 78.9 Å². The largest absolute Gasteiger partial charge is 0.497 e. The van der Waals surface area contributed by atoms with Gasteiger partial charge in [0.25, 0.3) is 0 Å². The number of aliphatic carboxylic acids is 2. The number of benzene rings is 5. The van der Waals surface area contributed by atoms with E-state index in [1.807, 2.05) is 4.72 Å². The van der Waals surface area contributed by atoms with Crippen LogP contribution in [0.4, 0.5) is 0 Å². The number of rotatable bonds is 41. The molecular formula is C63H76N2O40S6. The Morgan fingerprint density at radius 2 is 0.712 bits per heavy atom. The van der Waals surface area contributed by atoms with Gasteiger partial charge in [0, 0.05) is 0 Å². The summed E-state index contributed by atoms with van der Waals surface area (Å²) in [5, 5.41) is 22.4. The molecule has 0 amide bonds. The lowest BCUT2D eigenvalue weighted by Gasteiger charge is -2.51. The fourth-order valence-electron chi connectivity index (χ4n) is 12.0. The topological polar surface area (TPSA) is 591 Å². The Bertz CT molecular complexity index is 4570. The zero-order valence-corrected chi connectivity index (χ0v) is 62.3. The van der Waals surface area contributed by atoms with Gasteiger partial charge in [-0.05, 0) is 39.9 Å². The van der Waals surface area contributed by atoms with Gasteiger partial charge in [0.1, 0.15) is 78.9 Å². The molecular weight excluding hydrogens is 1620 g/mol. The monoisotopic (exact) mass is 1690 g/mol. The summed E-state index contributed by atoms with van der Waals surface area (Å²) in [6, 6.07) is 31.0. The highest BCUT2D eigenvalue weighted by atomic mass is 32.3. The summed E-state index contributed by atoms with van der Waals surface area (Å²) in [5.74, 6) is -3.75. The number of hydrogen-bond donors (Lipinski definition) is 10. The fourth-order valence-corrected chi connectivity index (χ4v) is 14.8. The molecule has 42 nitrogen and oxygen atoms in total. The third kappa shape index (κ3) is 26.9. The number of hydrogen-bond acceptors (Lipinski definition) is 32. The van der Waals surface area contributed by atoms with Gasteiger partial charge >= 0.3 is 74.1 Å². The minimum Gasteiger partial charge on any atom is -0.497 e. The van der Waals surface area contributed by atoms with Crippen molar-refractivity contribution < 1.29 is 181 Å². The molecule has 0 aromatic heterocycles. The molecule has 0 spiro atoms. The first-order valence-corrected chi connectivity index (χ1v) is 40.8. The molecule has 4 heterocycles. The van der Waals surface area contributed by atoms with Crippen molar-refractivity contribution in [2.45, 2.75) is 156 Å². The molecule has 4 saturated heterocycles. The average molecular weight is 1690 g/mol. The third-order valence-corrected chi connectivity index (χ3v) is 19.5. The van der Waals surface area contributed by atoms with E-state index in [1.54, 1.807) is 29.0 Å². The zero-order valence-electron chi connectivity index (χ0n) is 57.4. The van der Waals surface area contributed by atoms with Gasteiger partial charge in [0.2, 0.25) is 0 Å². The molecule has 4 aliphatic rings. The molecule has 111 heavy (non-hydrogen) atoms. The first kappa shape index (κ1) is 88.2. The minimum absolute atomic E-state index is 0.130. The number of nitrogens with one attached hydrogen (secondary N) is 2. The Kier molecular flexibility index (Phi) is 31.1. The highest BCUT2D eigenvalue weighted by Gasteiger charge is 2.62. The van der Waals surface area contributed by atoms with Crippen LogP contribution < -0.4 is 14.2 Å². The van der Waals surface area contributed by atoms with E-state index in [2.05, 4.69) is 10.8 Å². The van der Waals surface area contributed by atoms with Crippen LogP contribution in [0, 0.1) is 0 Å². The van der Waals surface area contributed by atoms with Gasteiger partial charge in [-0.25, -0.2) is 26.3 Å². The first-order chi connectivity index (χ1) is 52.3. The average Bonchev–Trinajstić information content (AvgIpc) is 0.782. The van der Waals surface area contributed by atoms with Crippen molar-refractivity contribution in [1.82, 2.24) is 9.44 Å². The highest BCUT2D eigenvalue weighted by Crippen LogP contribution is 2.41. The fraction of sp³-hybridized carbons (Fsp3) is 0.460. The second kappa shape index (κ2) is 39.1. The predicted octanol–water partition coefficient (Wildman–Crippen LogP) is 0.886. The smallest absolute Gasteiger partial charge is 0.397 e. The molecule has 0 unspecified atom stereocenters. The Hall–Kier alpha value is -6.72. The van der Waals surface area contributed by atoms with Crippen LogP contribution in [0.3, 0.4) is 0 Å². The standard InChI is InChI=1S/C63H76N2O40S6/c1-3-28-89-60-44(64-106(70,71)72)48(90-29-36-16-8-4-9-17-36)46(42(97-60)34-95-108(76,77)78)99-63-57(105-111(85,86)87)52(94-32-39-22-14-7-15-23-39)53(55(103-63)59(68)69)101-61-45(65-107(73,74)75)49(91-30-37-18-10-5-11-19-37)47(43(98-61)35-96-109(79,80)81)100-62-56(104-110(82,83)84)51(93-31-38-20-12-6-13-21-38)50(54(102-62)58(66)67)92-33-40-24-26-41(88-2)27-25-40/h3-27,42-57,60-65H,1,28-35H2,2H3,(H,66,67)(H,68,69)(H,70,71,72)(H,73,74,75)(H,76,77,78)(H,79,80,81)(H,82,83,84)(H,85,86,87)/t42-,43+,44+,45-,46-,47+,48+,49-,50-,51+,52+,53-,54+,55-,56-,57+,60+,61+,62+,63+/m1/s1. The molecule has 5 aromatic rings. The van der Waals surface area contributed by atoms with E-state index in [1.165, 1.54) is 128 Å². The van der Waals surface area contributed by atoms with Crippen molar-refractivity contribution in [3.63, 3.8) is 0 Å². The van der Waals surface area contributed by atoms with Crippen LogP contribution in [0.15, 0.2) is 158 Å². The number of carboxylic acid groups (broad SMARTS) is 2. The van der Waals surface area contributed by atoms with Crippen LogP contribution in [0.2, 0.25) is 0 Å². The summed E-state index contributed by atoms with van der Waals surface area (Å²) in [7, 11) is -33.2. The SMILES string of the molecule is C=CCO[C@H]1O[C@H](COS(=O)(=O)O)[C@@H](O[C@H]2O[C@@H](C(=O)O)[C@H](O[C@@H]3O[C@@H](COS(=O)(=O)O)[C@H](O[C@H]4O[C@H](C(=O)O)[C@H](OCc5ccc(OC)cc5)[C@H](OCc5ccccc5)[C@H]4OS(=O)(=O)O)[C@H](OCc4ccccc4)[C@H]3NS(=O)(=O)O)[C@H](OCc3ccccc3)[C@@H]2OS(=O)(=O)O)[C@@H](OCc2ccccc2)[C@@H]1NS(=O)(=O)O. The Morgan fingerprint density at radius 3 is 1.05 bits per heavy atom. The third-order valence-electron chi connectivity index (χ3n) is 16.6. The molecule has 0 saturated carbocycles. The van der Waals surface area contributed by atoms with Crippen LogP contribution in [0.25, 0.3) is 0 Å². The maximum atomic E-state index is 14.2. The van der Waals surface area contributed by atoms with E-state index in [0.717, 1.165) is 6.08 Å². The van der Waals surface area contributed by atoms with Crippen molar-refractivity contribution in [2.75, 3.05) is 26.9 Å². The normalized spacial score (nSPS) is 29.1. The molecule has 10 N–H and O–H groups in total. The van der Waals surface area contributed by atoms with Crippen LogP contribution in [-0.4, -0.2) is 250 Å². The Balaban J connectivity index is 1.20. The molecule has 48 heteroatoms. The van der Waals surface area contributed by atoms with E-state index >= 15 is 0 Å². The lowest BCUT2D eigenvalue weighted by molar-refractivity contribution is -0.375. The van der Waals surface area contributed by atoms with Crippen LogP contribution in [-0.2, 0) is 183 Å². The number of ether oxygens (including phenoxy) is 14. The summed E-state index contributed by atoms with van der Waals surface area (Å²) >= 11 is 0. The van der Waals surface area contributed by atoms with Crippen molar-refractivity contribution >= 4 is 74.1 Å². The van der Waals surface area contributed by atoms with Crippen LogP contribution in [0.5, 0.6) is 5.75 Å². The summed E-state index contributed by atoms with van der Waals surface area (Å²) < 4.78 is 328. The second-order valence-electron chi connectivity index (χ2n) is 24.3. The summed E-state index contributed by atoms with van der Waals surface area (Å²) in [4.78, 5) is 27.8. The van der Waals surface area contributed by atoms with Crippen LogP contribution in [0.1, 0.15) is 27.8 Å². The lowest BCUT2D eigenvalue weighted by atomic mass is 9.94. The van der Waals surface area contributed by atoms with Crippen molar-refractivity contribution in [3.05, 3.63) is 186 Å². The highest BCUT2D eigenvalue weighted by molar-refractivity contribution is 7.84. The van der Waals surface area contributed by atoms with Crippen molar-refractivity contribution in [1.29, 1.82) is 0 Å². The number of methoxy groups -OCH3 is 1. The van der Waals surface area contributed by atoms with E-state index in [-0.39, 0.29) is 16.7 Å². The summed E-state index contributed by atoms with van der Waals surface area (Å²) in [5.41, 5.74) is 1.25. The van der Waals surface area contributed by atoms with Gasteiger partial charge in [0.15, 0.2) is 49.6 Å². The number of carbonyl (C=O) groups is 2. The second-order valence-corrected chi connectivity index (χ2v) is 31.0. The van der Waals surface area contributed by atoms with Crippen molar-refractivity contribution in [3.8, 4) is 5.75 Å². The zero-order chi connectivity index (χ0) is 80.6. The van der Waals surface area contributed by atoms with Crippen molar-refractivity contribution in [2.24, 2.45) is 0 Å². The summed E-state index contributed by atoms with van der Waals surface area (Å²) in [6.07, 6.45) is -43.5. The Labute approximate surface area is 635 Å². The molecule has 20 atom stereocenters. The minimum atomic E-state index is -6.08. The molecule has 5 aromatic carbocycles. The maximum absolute atomic E-state index is 14.2. The molecule has 9 rings (SSSR count). The molecule has 4 fully saturated rings. The molecule has 4 aliphatic heterocycles. The quantitative estimate of drug-likeness (QED) is 0.0192. The van der Waals surface area contributed by atoms with Crippen LogP contribution >= 0.6 is 0 Å². The van der Waals surface area contributed by atoms with Gasteiger partial charge in [-0.2, -0.15) is 60.0 Å². The molecule has 0 radical (unpaired) electrons. The van der Waals surface area contributed by atoms with Gasteiger partial charge in [-0.1, -0.05) is 140 Å². The molecule has 0 aliphatic carbocycles. The van der Waals surface area contributed by atoms with Gasteiger partial charge < -0.3 is 76.5 Å². The van der Waals surface area contributed by atoms with E-state index in [0.29, 0.717) is 16.9 Å². The predicted molar refractivity (Wildman–Crippen MR) is 367 cm³/mol. The maximum Gasteiger partial charge on any atom is 0.397 e. The lowest BCUT2D eigenvalue weighted by Crippen LogP contribution is -2.71. The van der Waals surface area contributed by atoms with Gasteiger partial charge in [-0.3, -0.25) is 27.3 Å². The van der Waals surface area contributed by atoms with E-state index in [9.17, 15) is 97.6 Å². The first-order valence-electron chi connectivity index (χ1n) is 32.5. The Morgan fingerprint density at radius 1 is 0.387 bits per heavy atom. The van der Waals surface area contributed by atoms with Gasteiger partial charge in [-0.15, -0.1) is 6.58 Å². The van der Waals surface area contributed by atoms with Gasteiger partial charge in [0.05, 0.1) is 60.0 Å². The van der Waals surface area contributed by atoms with E-state index < -0.39 is 250 Å². The molecule has 614 valence electrons. The summed E-state index contributed by atoms with van der Waals surface area (Å²) in [6.45, 7) is -3.31. The molecule has 0 bridgehead atoms.